The van der Waals surface area contributed by atoms with E-state index >= 15 is 0 Å². The molecule has 1 aromatic heterocycles. The Morgan fingerprint density at radius 2 is 1.94 bits per heavy atom. The zero-order valence-corrected chi connectivity index (χ0v) is 8.27. The van der Waals surface area contributed by atoms with Crippen molar-refractivity contribution in [3.8, 4) is 0 Å². The topological polar surface area (TPSA) is 66.9 Å². The van der Waals surface area contributed by atoms with Crippen LogP contribution in [0.2, 0.25) is 0 Å². The second-order valence-corrected chi connectivity index (χ2v) is 3.41. The molecular formula is C11H8N4O. The number of hydrogen-bond acceptors (Lipinski definition) is 4. The van der Waals surface area contributed by atoms with Crippen LogP contribution < -0.4 is 10.6 Å². The molecule has 5 heteroatoms. The highest BCUT2D eigenvalue weighted by atomic mass is 16.1. The number of amides is 1. The second kappa shape index (κ2) is 3.30. The summed E-state index contributed by atoms with van der Waals surface area (Å²) in [6.07, 6.45) is 3.00. The molecule has 78 valence electrons. The van der Waals surface area contributed by atoms with Crippen LogP contribution in [-0.4, -0.2) is 15.9 Å². The first-order valence-corrected chi connectivity index (χ1v) is 4.82. The van der Waals surface area contributed by atoms with Gasteiger partial charge in [-0.05, 0) is 12.1 Å². The quantitative estimate of drug-likeness (QED) is 0.698. The highest BCUT2D eigenvalue weighted by molar-refractivity contribution is 6.11. The third-order valence-corrected chi connectivity index (χ3v) is 2.39. The van der Waals surface area contributed by atoms with Gasteiger partial charge in [0.15, 0.2) is 5.82 Å². The lowest BCUT2D eigenvalue weighted by molar-refractivity contribution is 0.102. The smallest absolute Gasteiger partial charge is 0.257 e. The zero-order chi connectivity index (χ0) is 11.0. The van der Waals surface area contributed by atoms with Crippen LogP contribution in [0.1, 0.15) is 10.4 Å². The van der Waals surface area contributed by atoms with Gasteiger partial charge < -0.3 is 10.6 Å². The van der Waals surface area contributed by atoms with Crippen molar-refractivity contribution in [2.75, 3.05) is 10.6 Å². The number of fused-ring (bicyclic) bond motifs is 2. The Morgan fingerprint density at radius 1 is 1.06 bits per heavy atom. The third-order valence-electron chi connectivity index (χ3n) is 2.39. The molecule has 0 atom stereocenters. The van der Waals surface area contributed by atoms with Gasteiger partial charge in [-0.2, -0.15) is 0 Å². The molecule has 5 nitrogen and oxygen atoms in total. The first-order chi connectivity index (χ1) is 7.84. The van der Waals surface area contributed by atoms with Gasteiger partial charge in [-0.25, -0.2) is 9.97 Å². The molecule has 0 bridgehead atoms. The lowest BCUT2D eigenvalue weighted by Crippen LogP contribution is -2.10. The number of anilines is 3. The van der Waals surface area contributed by atoms with Crippen LogP contribution in [0.4, 0.5) is 17.2 Å². The van der Waals surface area contributed by atoms with Crippen molar-refractivity contribution >= 4 is 23.1 Å². The Bertz CT molecular complexity index is 567. The number of para-hydroxylation sites is 1. The van der Waals surface area contributed by atoms with Crippen molar-refractivity contribution in [1.29, 1.82) is 0 Å². The maximum Gasteiger partial charge on any atom is 0.257 e. The lowest BCUT2D eigenvalue weighted by Gasteiger charge is -2.05. The van der Waals surface area contributed by atoms with Crippen LogP contribution in [0.15, 0.2) is 36.8 Å². The minimum atomic E-state index is -0.156. The number of carbonyl (C=O) groups is 1. The normalized spacial score (nSPS) is 12.9. The molecule has 0 fully saturated rings. The van der Waals surface area contributed by atoms with Crippen molar-refractivity contribution in [2.24, 2.45) is 0 Å². The number of nitrogens with zero attached hydrogens (tertiary/aromatic N) is 2. The Balaban J connectivity index is 2.18. The average Bonchev–Trinajstić information content (AvgIpc) is 2.45. The van der Waals surface area contributed by atoms with Crippen molar-refractivity contribution < 1.29 is 4.79 Å². The van der Waals surface area contributed by atoms with Gasteiger partial charge in [0.1, 0.15) is 12.0 Å². The summed E-state index contributed by atoms with van der Waals surface area (Å²) in [6, 6.07) is 7.29. The van der Waals surface area contributed by atoms with E-state index in [-0.39, 0.29) is 5.91 Å². The van der Waals surface area contributed by atoms with Crippen LogP contribution in [0.5, 0.6) is 0 Å². The molecule has 16 heavy (non-hydrogen) atoms. The molecule has 3 rings (SSSR count). The number of rotatable bonds is 0. The standard InChI is InChI=1S/C11H8N4O/c16-11-7-3-1-2-4-8(7)14-10-9(15-11)5-12-6-13-10/h1-6H,(H,15,16)(H,12,13,14). The summed E-state index contributed by atoms with van der Waals surface area (Å²) < 4.78 is 0. The number of benzene rings is 1. The van der Waals surface area contributed by atoms with E-state index in [0.717, 1.165) is 5.69 Å². The molecular weight excluding hydrogens is 204 g/mol. The van der Waals surface area contributed by atoms with E-state index in [0.29, 0.717) is 17.1 Å². The minimum Gasteiger partial charge on any atom is -0.338 e. The Kier molecular flexibility index (Phi) is 1.83. The lowest BCUT2D eigenvalue weighted by atomic mass is 10.1. The van der Waals surface area contributed by atoms with Gasteiger partial charge in [0.2, 0.25) is 0 Å². The summed E-state index contributed by atoms with van der Waals surface area (Å²) in [6.45, 7) is 0. The monoisotopic (exact) mass is 212 g/mol. The van der Waals surface area contributed by atoms with E-state index in [1.165, 1.54) is 6.33 Å². The summed E-state index contributed by atoms with van der Waals surface area (Å²) >= 11 is 0. The number of aromatic nitrogens is 2. The van der Waals surface area contributed by atoms with Gasteiger partial charge in [0.25, 0.3) is 5.91 Å². The van der Waals surface area contributed by atoms with Gasteiger partial charge in [0.05, 0.1) is 17.4 Å². The van der Waals surface area contributed by atoms with Crippen molar-refractivity contribution in [1.82, 2.24) is 9.97 Å². The average molecular weight is 212 g/mol. The summed E-state index contributed by atoms with van der Waals surface area (Å²) in [5.41, 5.74) is 1.93. The number of hydrogen-bond donors (Lipinski definition) is 2. The molecule has 0 radical (unpaired) electrons. The molecule has 0 saturated heterocycles. The van der Waals surface area contributed by atoms with Crippen LogP contribution in [0.25, 0.3) is 0 Å². The predicted octanol–water partition coefficient (Wildman–Crippen LogP) is 1.79. The fourth-order valence-corrected chi connectivity index (χ4v) is 1.63. The van der Waals surface area contributed by atoms with Gasteiger partial charge >= 0.3 is 0 Å². The highest BCUT2D eigenvalue weighted by Crippen LogP contribution is 2.28. The molecule has 1 aliphatic heterocycles. The molecule has 1 aliphatic rings. The van der Waals surface area contributed by atoms with E-state index < -0.39 is 0 Å². The first kappa shape index (κ1) is 8.84. The minimum absolute atomic E-state index is 0.156. The van der Waals surface area contributed by atoms with Crippen LogP contribution in [0.3, 0.4) is 0 Å². The van der Waals surface area contributed by atoms with Gasteiger partial charge in [0, 0.05) is 0 Å². The predicted molar refractivity (Wildman–Crippen MR) is 59.7 cm³/mol. The van der Waals surface area contributed by atoms with Crippen molar-refractivity contribution in [3.63, 3.8) is 0 Å². The van der Waals surface area contributed by atoms with Crippen LogP contribution in [-0.2, 0) is 0 Å². The number of nitrogens with one attached hydrogen (secondary N) is 2. The highest BCUT2D eigenvalue weighted by Gasteiger charge is 2.18. The Labute approximate surface area is 91.5 Å². The fourth-order valence-electron chi connectivity index (χ4n) is 1.63. The first-order valence-electron chi connectivity index (χ1n) is 4.82. The van der Waals surface area contributed by atoms with Crippen LogP contribution in [0, 0.1) is 0 Å². The third kappa shape index (κ3) is 1.30. The van der Waals surface area contributed by atoms with Crippen molar-refractivity contribution in [3.05, 3.63) is 42.4 Å². The molecule has 0 saturated carbocycles. The Morgan fingerprint density at radius 3 is 2.88 bits per heavy atom. The fraction of sp³-hybridized carbons (Fsp3) is 0. The SMILES string of the molecule is O=C1Nc2cncnc2Nc2ccccc21. The maximum absolute atomic E-state index is 11.9. The van der Waals surface area contributed by atoms with E-state index in [1.807, 2.05) is 18.2 Å². The molecule has 2 aromatic rings. The van der Waals surface area contributed by atoms with E-state index in [4.69, 9.17) is 0 Å². The van der Waals surface area contributed by atoms with Gasteiger partial charge in [-0.1, -0.05) is 12.1 Å². The van der Waals surface area contributed by atoms with E-state index in [2.05, 4.69) is 20.6 Å². The van der Waals surface area contributed by atoms with E-state index in [9.17, 15) is 4.79 Å². The van der Waals surface area contributed by atoms with E-state index in [1.54, 1.807) is 12.3 Å². The summed E-state index contributed by atoms with van der Waals surface area (Å²) in [5, 5.41) is 5.85. The van der Waals surface area contributed by atoms with Crippen molar-refractivity contribution in [2.45, 2.75) is 0 Å². The zero-order valence-electron chi connectivity index (χ0n) is 8.27. The molecule has 0 spiro atoms. The maximum atomic E-state index is 11.9. The van der Waals surface area contributed by atoms with Crippen LogP contribution >= 0.6 is 0 Å². The second-order valence-electron chi connectivity index (χ2n) is 3.41. The molecule has 1 amide bonds. The number of carbonyl (C=O) groups excluding carboxylic acids is 1. The Hall–Kier alpha value is -2.43. The molecule has 0 unspecified atom stereocenters. The van der Waals surface area contributed by atoms with Gasteiger partial charge in [-0.15, -0.1) is 0 Å². The molecule has 0 aliphatic carbocycles. The largest absolute Gasteiger partial charge is 0.338 e. The molecule has 2 N–H and O–H groups in total. The molecule has 2 heterocycles. The summed E-state index contributed by atoms with van der Waals surface area (Å²) in [4.78, 5) is 19.8. The molecule has 1 aromatic carbocycles. The van der Waals surface area contributed by atoms with Gasteiger partial charge in [-0.3, -0.25) is 4.79 Å². The summed E-state index contributed by atoms with van der Waals surface area (Å²) in [5.74, 6) is 0.449. The summed E-state index contributed by atoms with van der Waals surface area (Å²) in [7, 11) is 0.